The van der Waals surface area contributed by atoms with Gasteiger partial charge in [0.1, 0.15) is 18.1 Å². The molecule has 0 amide bonds. The highest BCUT2D eigenvalue weighted by Crippen LogP contribution is 2.35. The molecular formula is C20H15ClF3NO2. The van der Waals surface area contributed by atoms with Crippen molar-refractivity contribution in [3.63, 3.8) is 0 Å². The molecule has 0 saturated heterocycles. The van der Waals surface area contributed by atoms with Gasteiger partial charge in [0.25, 0.3) is 0 Å². The van der Waals surface area contributed by atoms with E-state index in [-0.39, 0.29) is 11.6 Å². The highest BCUT2D eigenvalue weighted by atomic mass is 35.5. The van der Waals surface area contributed by atoms with Crippen molar-refractivity contribution >= 4 is 17.8 Å². The van der Waals surface area contributed by atoms with Crippen molar-refractivity contribution in [2.45, 2.75) is 19.3 Å². The zero-order chi connectivity index (χ0) is 19.3. The summed E-state index contributed by atoms with van der Waals surface area (Å²) in [7, 11) is 0. The smallest absolute Gasteiger partial charge is 0.417 e. The average molecular weight is 394 g/mol. The summed E-state index contributed by atoms with van der Waals surface area (Å²) in [5, 5.41) is -0.329. The van der Waals surface area contributed by atoms with Gasteiger partial charge in [0.05, 0.1) is 23.4 Å². The first-order valence-electron chi connectivity index (χ1n) is 8.02. The topological polar surface area (TPSA) is 34.7 Å². The summed E-state index contributed by atoms with van der Waals surface area (Å²) in [6.07, 6.45) is -1.19. The molecule has 0 aliphatic carbocycles. The molecule has 0 atom stereocenters. The molecule has 3 aromatic rings. The maximum absolute atomic E-state index is 12.9. The van der Waals surface area contributed by atoms with Crippen LogP contribution in [-0.2, 0) is 19.3 Å². The second kappa shape index (κ2) is 8.31. The quantitative estimate of drug-likeness (QED) is 0.471. The molecule has 0 unspecified atom stereocenters. The van der Waals surface area contributed by atoms with Gasteiger partial charge in [-0.1, -0.05) is 17.7 Å². The highest BCUT2D eigenvalue weighted by molar-refractivity contribution is 6.31. The van der Waals surface area contributed by atoms with Gasteiger partial charge in [0.15, 0.2) is 0 Å². The van der Waals surface area contributed by atoms with Crippen LogP contribution in [-0.4, -0.2) is 6.21 Å². The molecule has 0 bridgehead atoms. The highest BCUT2D eigenvalue weighted by Gasteiger charge is 2.33. The van der Waals surface area contributed by atoms with Gasteiger partial charge in [-0.2, -0.15) is 13.2 Å². The third kappa shape index (κ3) is 5.37. The van der Waals surface area contributed by atoms with Crippen LogP contribution in [0.25, 0.3) is 0 Å². The number of halogens is 4. The molecule has 0 radical (unpaired) electrons. The molecule has 140 valence electrons. The molecule has 1 heterocycles. The Bertz CT molecular complexity index is 904. The Morgan fingerprint density at radius 1 is 1.07 bits per heavy atom. The van der Waals surface area contributed by atoms with Crippen LogP contribution in [0.4, 0.5) is 13.2 Å². The summed E-state index contributed by atoms with van der Waals surface area (Å²) < 4.78 is 49.4. The normalized spacial score (nSPS) is 11.9. The van der Waals surface area contributed by atoms with Crippen molar-refractivity contribution in [3.8, 4) is 5.75 Å². The van der Waals surface area contributed by atoms with E-state index in [0.717, 1.165) is 17.4 Å². The molecule has 7 heteroatoms. The molecule has 3 rings (SSSR count). The maximum Gasteiger partial charge on any atom is 0.417 e. The van der Waals surface area contributed by atoms with Crippen LogP contribution in [0.3, 0.4) is 0 Å². The largest absolute Gasteiger partial charge is 0.489 e. The molecule has 3 nitrogen and oxygen atoms in total. The molecule has 0 aliphatic rings. The summed E-state index contributed by atoms with van der Waals surface area (Å²) in [5.74, 6) is 1.31. The monoisotopic (exact) mass is 393 g/mol. The van der Waals surface area contributed by atoms with E-state index < -0.39 is 11.7 Å². The van der Waals surface area contributed by atoms with Gasteiger partial charge in [-0.3, -0.25) is 4.99 Å². The van der Waals surface area contributed by atoms with E-state index in [4.69, 9.17) is 20.8 Å². The number of aliphatic imine (C=N–C) groups is 1. The van der Waals surface area contributed by atoms with Crippen LogP contribution in [0.5, 0.6) is 5.75 Å². The van der Waals surface area contributed by atoms with Crippen LogP contribution in [0, 0.1) is 0 Å². The lowest BCUT2D eigenvalue weighted by atomic mass is 10.1. The van der Waals surface area contributed by atoms with Crippen LogP contribution >= 0.6 is 11.6 Å². The predicted molar refractivity (Wildman–Crippen MR) is 97.2 cm³/mol. The van der Waals surface area contributed by atoms with Gasteiger partial charge >= 0.3 is 6.18 Å². The average Bonchev–Trinajstić information content (AvgIpc) is 3.14. The molecule has 27 heavy (non-hydrogen) atoms. The van der Waals surface area contributed by atoms with Crippen LogP contribution < -0.4 is 4.74 Å². The Hall–Kier alpha value is -2.73. The predicted octanol–water partition coefficient (Wildman–Crippen LogP) is 6.15. The number of rotatable bonds is 6. The lowest BCUT2D eigenvalue weighted by Crippen LogP contribution is -2.07. The van der Waals surface area contributed by atoms with Crippen molar-refractivity contribution in [2.24, 2.45) is 4.99 Å². The second-order valence-corrected chi connectivity index (χ2v) is 6.13. The summed E-state index contributed by atoms with van der Waals surface area (Å²) in [4.78, 5) is 4.27. The zero-order valence-electron chi connectivity index (χ0n) is 14.0. The molecule has 1 aromatic heterocycles. The lowest BCUT2D eigenvalue weighted by molar-refractivity contribution is -0.137. The minimum Gasteiger partial charge on any atom is -0.489 e. The molecule has 0 spiro atoms. The fourth-order valence-electron chi connectivity index (χ4n) is 2.34. The standard InChI is InChI=1S/C20H15ClF3NO2/c21-19-8-5-15(10-18(19)20(22,23)24)13-27-16-6-3-14(4-7-16)11-25-12-17-2-1-9-26-17/h1-11H,12-13H2/b25-11-. The van der Waals surface area contributed by atoms with E-state index in [9.17, 15) is 13.2 Å². The maximum atomic E-state index is 12.9. The van der Waals surface area contributed by atoms with E-state index in [2.05, 4.69) is 4.99 Å². The van der Waals surface area contributed by atoms with Crippen LogP contribution in [0.15, 0.2) is 70.3 Å². The Labute approximate surface area is 159 Å². The summed E-state index contributed by atoms with van der Waals surface area (Å²) >= 11 is 5.61. The van der Waals surface area contributed by atoms with E-state index >= 15 is 0 Å². The van der Waals surface area contributed by atoms with Gasteiger partial charge < -0.3 is 9.15 Å². The Morgan fingerprint density at radius 2 is 1.85 bits per heavy atom. The van der Waals surface area contributed by atoms with Crippen LogP contribution in [0.2, 0.25) is 5.02 Å². The molecule has 0 fully saturated rings. The number of ether oxygens (including phenoxy) is 1. The zero-order valence-corrected chi connectivity index (χ0v) is 14.8. The Kier molecular flexibility index (Phi) is 5.86. The summed E-state index contributed by atoms with van der Waals surface area (Å²) in [6.45, 7) is 0.454. The number of benzene rings is 2. The SMILES string of the molecule is FC(F)(F)c1cc(COc2ccc(/C=N\Cc3ccco3)cc2)ccc1Cl. The summed E-state index contributed by atoms with van der Waals surface area (Å²) in [6, 6.07) is 14.5. The van der Waals surface area contributed by atoms with E-state index in [1.54, 1.807) is 30.7 Å². The number of nitrogens with zero attached hydrogens (tertiary/aromatic N) is 1. The van der Waals surface area contributed by atoms with E-state index in [1.165, 1.54) is 12.1 Å². The summed E-state index contributed by atoms with van der Waals surface area (Å²) in [5.41, 5.74) is 0.393. The molecule has 2 aromatic carbocycles. The minimum atomic E-state index is -4.50. The third-order valence-corrected chi connectivity index (χ3v) is 4.02. The van der Waals surface area contributed by atoms with Gasteiger partial charge in [-0.15, -0.1) is 0 Å². The van der Waals surface area contributed by atoms with Gasteiger partial charge in [-0.05, 0) is 59.7 Å². The molecule has 0 N–H and O–H groups in total. The van der Waals surface area contributed by atoms with Crippen LogP contribution in [0.1, 0.15) is 22.5 Å². The van der Waals surface area contributed by atoms with E-state index in [1.807, 2.05) is 18.2 Å². The first kappa shape index (κ1) is 19.0. The van der Waals surface area contributed by atoms with Gasteiger partial charge in [0.2, 0.25) is 0 Å². The number of alkyl halides is 3. The van der Waals surface area contributed by atoms with Gasteiger partial charge in [-0.25, -0.2) is 0 Å². The minimum absolute atomic E-state index is 0.00613. The van der Waals surface area contributed by atoms with Crippen molar-refractivity contribution in [3.05, 3.63) is 88.3 Å². The fourth-order valence-corrected chi connectivity index (χ4v) is 2.56. The first-order chi connectivity index (χ1) is 12.9. The van der Waals surface area contributed by atoms with E-state index in [0.29, 0.717) is 17.9 Å². The van der Waals surface area contributed by atoms with Crippen molar-refractivity contribution in [1.82, 2.24) is 0 Å². The van der Waals surface area contributed by atoms with Crippen molar-refractivity contribution in [2.75, 3.05) is 0 Å². The molecule has 0 saturated carbocycles. The molecule has 0 aliphatic heterocycles. The fraction of sp³-hybridized carbons (Fsp3) is 0.150. The van der Waals surface area contributed by atoms with Crippen molar-refractivity contribution < 1.29 is 22.3 Å². The second-order valence-electron chi connectivity index (χ2n) is 5.72. The number of hydrogen-bond acceptors (Lipinski definition) is 3. The Morgan fingerprint density at radius 3 is 2.52 bits per heavy atom. The van der Waals surface area contributed by atoms with Gasteiger partial charge in [0, 0.05) is 6.21 Å². The first-order valence-corrected chi connectivity index (χ1v) is 8.40. The van der Waals surface area contributed by atoms with Crippen molar-refractivity contribution in [1.29, 1.82) is 0 Å². The number of hydrogen-bond donors (Lipinski definition) is 0. The third-order valence-electron chi connectivity index (χ3n) is 3.69. The molecular weight excluding hydrogens is 379 g/mol. The lowest BCUT2D eigenvalue weighted by Gasteiger charge is -2.12. The number of furan rings is 1. The Balaban J connectivity index is 1.58.